The lowest BCUT2D eigenvalue weighted by Crippen LogP contribution is -2.25. The molecule has 0 aliphatic heterocycles. The summed E-state index contributed by atoms with van der Waals surface area (Å²) in [4.78, 5) is 9.75. The van der Waals surface area contributed by atoms with Crippen LogP contribution in [0.25, 0.3) is 0 Å². The smallest absolute Gasteiger partial charge is 0.258 e. The molecule has 144 valence electrons. The second kappa shape index (κ2) is 8.45. The third-order valence-corrected chi connectivity index (χ3v) is 6.72. The number of halogens is 2. The molecule has 0 heterocycles. The molecule has 2 saturated carbocycles. The molecule has 0 aromatic heterocycles. The van der Waals surface area contributed by atoms with E-state index in [1.807, 2.05) is 0 Å². The van der Waals surface area contributed by atoms with Crippen LogP contribution in [0.2, 0.25) is 0 Å². The van der Waals surface area contributed by atoms with Crippen LogP contribution in [0, 0.1) is 39.5 Å². The molecule has 5 heteroatoms. The molecule has 0 saturated heterocycles. The summed E-state index contributed by atoms with van der Waals surface area (Å²) in [5.41, 5.74) is -0.457. The zero-order chi connectivity index (χ0) is 18.7. The summed E-state index contributed by atoms with van der Waals surface area (Å²) in [7, 11) is 0. The Balaban J connectivity index is 1.57. The van der Waals surface area contributed by atoms with Crippen molar-refractivity contribution in [2.24, 2.45) is 17.8 Å². The van der Waals surface area contributed by atoms with Crippen molar-refractivity contribution in [2.75, 3.05) is 0 Å². The van der Waals surface area contributed by atoms with Crippen LogP contribution in [0.4, 0.5) is 14.5 Å². The lowest BCUT2D eigenvalue weighted by molar-refractivity contribution is -0.390. The summed E-state index contributed by atoms with van der Waals surface area (Å²) in [6.07, 6.45) is 12.1. The molecule has 0 radical (unpaired) electrons. The molecular weight excluding hydrogens is 336 g/mol. The van der Waals surface area contributed by atoms with Gasteiger partial charge in [-0.25, -0.2) is 0 Å². The zero-order valence-electron chi connectivity index (χ0n) is 15.6. The standard InChI is InChI=1S/C21H29F2NO2/c1-2-3-14-4-6-15(7-5-14)16-8-10-17(11-9-16)18-12-19(22)21(24(25)26)20(23)13-18/h12-17H,2-11H2,1H3/t14-,15-,16?,17?. The van der Waals surface area contributed by atoms with Crippen molar-refractivity contribution in [3.63, 3.8) is 0 Å². The van der Waals surface area contributed by atoms with Gasteiger partial charge in [0, 0.05) is 0 Å². The van der Waals surface area contributed by atoms with Crippen LogP contribution in [-0.4, -0.2) is 4.92 Å². The van der Waals surface area contributed by atoms with E-state index in [-0.39, 0.29) is 5.92 Å². The third kappa shape index (κ3) is 4.24. The molecule has 0 atom stereocenters. The van der Waals surface area contributed by atoms with Gasteiger partial charge in [0.05, 0.1) is 4.92 Å². The highest BCUT2D eigenvalue weighted by atomic mass is 19.1. The van der Waals surface area contributed by atoms with Gasteiger partial charge in [-0.2, -0.15) is 8.78 Å². The molecule has 0 N–H and O–H groups in total. The van der Waals surface area contributed by atoms with E-state index in [0.717, 1.165) is 43.4 Å². The molecule has 1 aromatic carbocycles. The normalized spacial score (nSPS) is 29.5. The number of benzene rings is 1. The molecule has 3 rings (SSSR count). The first-order chi connectivity index (χ1) is 12.5. The molecule has 0 unspecified atom stereocenters. The quantitative estimate of drug-likeness (QED) is 0.428. The first-order valence-corrected chi connectivity index (χ1v) is 10.1. The predicted molar refractivity (Wildman–Crippen MR) is 98.1 cm³/mol. The van der Waals surface area contributed by atoms with Crippen molar-refractivity contribution in [2.45, 2.75) is 77.0 Å². The SMILES string of the molecule is CCC[C@H]1CC[C@H](C2CCC(c3cc(F)c([N+](=O)[O-])c(F)c3)CC2)CC1. The Hall–Kier alpha value is -1.52. The minimum atomic E-state index is -1.05. The Kier molecular flexibility index (Phi) is 6.25. The predicted octanol–water partition coefficient (Wildman–Crippen LogP) is 6.75. The van der Waals surface area contributed by atoms with Crippen LogP contribution in [0.3, 0.4) is 0 Å². The summed E-state index contributed by atoms with van der Waals surface area (Å²) < 4.78 is 27.8. The van der Waals surface area contributed by atoms with E-state index in [9.17, 15) is 18.9 Å². The second-order valence-corrected chi connectivity index (χ2v) is 8.27. The molecule has 26 heavy (non-hydrogen) atoms. The van der Waals surface area contributed by atoms with Crippen LogP contribution in [0.15, 0.2) is 12.1 Å². The van der Waals surface area contributed by atoms with Crippen molar-refractivity contribution in [1.82, 2.24) is 0 Å². The van der Waals surface area contributed by atoms with Gasteiger partial charge in [-0.05, 0) is 79.9 Å². The van der Waals surface area contributed by atoms with E-state index in [2.05, 4.69) is 6.92 Å². The summed E-state index contributed by atoms with van der Waals surface area (Å²) in [6, 6.07) is 2.34. The molecule has 0 spiro atoms. The zero-order valence-corrected chi connectivity index (χ0v) is 15.6. The maximum Gasteiger partial charge on any atom is 0.340 e. The number of nitro benzene ring substituents is 1. The van der Waals surface area contributed by atoms with E-state index in [1.54, 1.807) is 0 Å². The number of rotatable bonds is 5. The Morgan fingerprint density at radius 2 is 1.46 bits per heavy atom. The van der Waals surface area contributed by atoms with Gasteiger partial charge in [-0.3, -0.25) is 10.1 Å². The van der Waals surface area contributed by atoms with Crippen LogP contribution < -0.4 is 0 Å². The lowest BCUT2D eigenvalue weighted by Gasteiger charge is -2.38. The average Bonchev–Trinajstić information content (AvgIpc) is 2.62. The van der Waals surface area contributed by atoms with E-state index in [4.69, 9.17) is 0 Å². The van der Waals surface area contributed by atoms with Crippen LogP contribution in [0.5, 0.6) is 0 Å². The second-order valence-electron chi connectivity index (χ2n) is 8.27. The fourth-order valence-electron chi connectivity index (χ4n) is 5.28. The van der Waals surface area contributed by atoms with Gasteiger partial charge in [0.25, 0.3) is 0 Å². The fraction of sp³-hybridized carbons (Fsp3) is 0.714. The molecule has 2 aliphatic rings. The maximum atomic E-state index is 13.9. The molecule has 2 aliphatic carbocycles. The Morgan fingerprint density at radius 1 is 0.962 bits per heavy atom. The van der Waals surface area contributed by atoms with E-state index < -0.39 is 22.2 Å². The van der Waals surface area contributed by atoms with Gasteiger partial charge in [-0.15, -0.1) is 0 Å². The van der Waals surface area contributed by atoms with Crippen molar-refractivity contribution in [3.8, 4) is 0 Å². The van der Waals surface area contributed by atoms with Crippen LogP contribution in [-0.2, 0) is 0 Å². The average molecular weight is 365 g/mol. The van der Waals surface area contributed by atoms with Gasteiger partial charge < -0.3 is 0 Å². The van der Waals surface area contributed by atoms with E-state index >= 15 is 0 Å². The highest BCUT2D eigenvalue weighted by molar-refractivity contribution is 5.38. The van der Waals surface area contributed by atoms with Crippen molar-refractivity contribution in [3.05, 3.63) is 39.4 Å². The number of hydrogen-bond donors (Lipinski definition) is 0. The fourth-order valence-corrected chi connectivity index (χ4v) is 5.28. The van der Waals surface area contributed by atoms with Gasteiger partial charge in [0.2, 0.25) is 11.6 Å². The summed E-state index contributed by atoms with van der Waals surface area (Å²) in [5.74, 6) is 0.477. The Morgan fingerprint density at radius 3 is 1.92 bits per heavy atom. The molecular formula is C21H29F2NO2. The topological polar surface area (TPSA) is 43.1 Å². The van der Waals surface area contributed by atoms with Gasteiger partial charge in [0.15, 0.2) is 0 Å². The van der Waals surface area contributed by atoms with E-state index in [1.165, 1.54) is 50.7 Å². The van der Waals surface area contributed by atoms with Crippen LogP contribution in [0.1, 0.15) is 82.6 Å². The first kappa shape index (κ1) is 19.2. The third-order valence-electron chi connectivity index (χ3n) is 6.72. The number of nitrogens with zero attached hydrogens (tertiary/aromatic N) is 1. The van der Waals surface area contributed by atoms with Crippen molar-refractivity contribution < 1.29 is 13.7 Å². The minimum absolute atomic E-state index is 0.118. The molecule has 2 fully saturated rings. The summed E-state index contributed by atoms with van der Waals surface area (Å²) in [5, 5.41) is 10.7. The van der Waals surface area contributed by atoms with Gasteiger partial charge in [0.1, 0.15) is 0 Å². The van der Waals surface area contributed by atoms with Gasteiger partial charge >= 0.3 is 5.69 Å². The lowest BCUT2D eigenvalue weighted by atomic mass is 9.68. The minimum Gasteiger partial charge on any atom is -0.258 e. The van der Waals surface area contributed by atoms with Crippen molar-refractivity contribution >= 4 is 5.69 Å². The monoisotopic (exact) mass is 365 g/mol. The van der Waals surface area contributed by atoms with Crippen LogP contribution >= 0.6 is 0 Å². The molecule has 1 aromatic rings. The highest BCUT2D eigenvalue weighted by Crippen LogP contribution is 2.45. The largest absolute Gasteiger partial charge is 0.340 e. The van der Waals surface area contributed by atoms with Crippen molar-refractivity contribution in [1.29, 1.82) is 0 Å². The summed E-state index contributed by atoms with van der Waals surface area (Å²) >= 11 is 0. The maximum absolute atomic E-state index is 13.9. The Bertz CT molecular complexity index is 610. The van der Waals surface area contributed by atoms with Gasteiger partial charge in [-0.1, -0.05) is 32.6 Å². The molecule has 3 nitrogen and oxygen atoms in total. The molecule has 0 amide bonds. The molecule has 0 bridgehead atoms. The van der Waals surface area contributed by atoms with E-state index in [0.29, 0.717) is 5.56 Å². The number of nitro groups is 1. The number of hydrogen-bond acceptors (Lipinski definition) is 2. The Labute approximate surface area is 154 Å². The summed E-state index contributed by atoms with van der Waals surface area (Å²) in [6.45, 7) is 2.26. The first-order valence-electron chi connectivity index (χ1n) is 10.1. The highest BCUT2D eigenvalue weighted by Gasteiger charge is 2.32.